The van der Waals surface area contributed by atoms with Gasteiger partial charge in [0.05, 0.1) is 13.5 Å². The molecule has 2 rings (SSSR count). The van der Waals surface area contributed by atoms with Gasteiger partial charge in [-0.2, -0.15) is 0 Å². The number of hydrogen-bond acceptors (Lipinski definition) is 4. The summed E-state index contributed by atoms with van der Waals surface area (Å²) >= 11 is 0. The number of carbonyl (C=O) groups is 1. The number of carbonyl (C=O) groups excluding carboxylic acids is 1. The van der Waals surface area contributed by atoms with Crippen molar-refractivity contribution in [1.29, 1.82) is 0 Å². The lowest BCUT2D eigenvalue weighted by Crippen LogP contribution is -2.46. The highest BCUT2D eigenvalue weighted by Crippen LogP contribution is 2.26. The number of esters is 1. The summed E-state index contributed by atoms with van der Waals surface area (Å²) in [7, 11) is 1.44. The zero-order valence-electron chi connectivity index (χ0n) is 10.1. The number of ether oxygens (including phenoxy) is 1. The maximum atomic E-state index is 11.0. The summed E-state index contributed by atoms with van der Waals surface area (Å²) < 4.78 is 4.62. The molecule has 2 unspecified atom stereocenters. The summed E-state index contributed by atoms with van der Waals surface area (Å²) in [6.07, 6.45) is 5.68. The molecule has 2 atom stereocenters. The van der Waals surface area contributed by atoms with Crippen molar-refractivity contribution in [3.8, 4) is 0 Å². The van der Waals surface area contributed by atoms with E-state index >= 15 is 0 Å². The van der Waals surface area contributed by atoms with Gasteiger partial charge in [-0.15, -0.1) is 0 Å². The smallest absolute Gasteiger partial charge is 0.306 e. The standard InChI is InChI=1S/C12H22N2O2/c1-16-12(15)4-6-13-10-5-8-14-7-2-3-11(14)9-10/h10-11,13H,2-9H2,1H3. The molecule has 92 valence electrons. The Labute approximate surface area is 97.3 Å². The Hall–Kier alpha value is -0.610. The van der Waals surface area contributed by atoms with Crippen LogP contribution in [0.5, 0.6) is 0 Å². The third-order valence-electron chi connectivity index (χ3n) is 3.81. The normalized spacial score (nSPS) is 30.1. The van der Waals surface area contributed by atoms with E-state index in [9.17, 15) is 4.79 Å². The van der Waals surface area contributed by atoms with E-state index < -0.39 is 0 Å². The van der Waals surface area contributed by atoms with Crippen LogP contribution in [0.3, 0.4) is 0 Å². The van der Waals surface area contributed by atoms with Crippen LogP contribution in [0.1, 0.15) is 32.1 Å². The van der Waals surface area contributed by atoms with Crippen molar-refractivity contribution in [2.24, 2.45) is 0 Å². The van der Waals surface area contributed by atoms with Gasteiger partial charge in [-0.1, -0.05) is 0 Å². The number of fused-ring (bicyclic) bond motifs is 1. The number of methoxy groups -OCH3 is 1. The minimum atomic E-state index is -0.120. The Balaban J connectivity index is 1.65. The van der Waals surface area contributed by atoms with E-state index in [0.29, 0.717) is 12.5 Å². The largest absolute Gasteiger partial charge is 0.469 e. The van der Waals surface area contributed by atoms with Gasteiger partial charge in [0.1, 0.15) is 0 Å². The molecule has 0 aromatic carbocycles. The first kappa shape index (κ1) is 11.9. The third-order valence-corrected chi connectivity index (χ3v) is 3.81. The van der Waals surface area contributed by atoms with E-state index in [4.69, 9.17) is 0 Å². The average molecular weight is 226 g/mol. The van der Waals surface area contributed by atoms with E-state index in [1.807, 2.05) is 0 Å². The highest BCUT2D eigenvalue weighted by atomic mass is 16.5. The molecule has 0 aliphatic carbocycles. The molecule has 1 N–H and O–H groups in total. The monoisotopic (exact) mass is 226 g/mol. The van der Waals surface area contributed by atoms with Gasteiger partial charge >= 0.3 is 5.97 Å². The van der Waals surface area contributed by atoms with Gasteiger partial charge in [-0.05, 0) is 38.8 Å². The van der Waals surface area contributed by atoms with Gasteiger partial charge in [0.25, 0.3) is 0 Å². The molecule has 0 aromatic heterocycles. The highest BCUT2D eigenvalue weighted by molar-refractivity contribution is 5.69. The molecule has 0 saturated carbocycles. The van der Waals surface area contributed by atoms with Crippen LogP contribution in [0.15, 0.2) is 0 Å². The summed E-state index contributed by atoms with van der Waals surface area (Å²) in [4.78, 5) is 13.6. The molecule has 2 aliphatic rings. The second-order valence-electron chi connectivity index (χ2n) is 4.83. The van der Waals surface area contributed by atoms with Crippen molar-refractivity contribution in [2.45, 2.75) is 44.2 Å². The summed E-state index contributed by atoms with van der Waals surface area (Å²) in [5, 5.41) is 3.47. The Kier molecular flexibility index (Phi) is 4.18. The first-order chi connectivity index (χ1) is 7.79. The van der Waals surface area contributed by atoms with Crippen LogP contribution in [-0.4, -0.2) is 49.7 Å². The number of hydrogen-bond donors (Lipinski definition) is 1. The second kappa shape index (κ2) is 5.64. The van der Waals surface area contributed by atoms with Crippen molar-refractivity contribution < 1.29 is 9.53 Å². The zero-order valence-corrected chi connectivity index (χ0v) is 10.1. The first-order valence-corrected chi connectivity index (χ1v) is 6.34. The fourth-order valence-corrected chi connectivity index (χ4v) is 2.89. The predicted octanol–water partition coefficient (Wildman–Crippen LogP) is 0.766. The van der Waals surface area contributed by atoms with Gasteiger partial charge in [-0.25, -0.2) is 0 Å². The fourth-order valence-electron chi connectivity index (χ4n) is 2.89. The molecule has 0 spiro atoms. The van der Waals surface area contributed by atoms with Crippen molar-refractivity contribution in [3.63, 3.8) is 0 Å². The Morgan fingerprint density at radius 1 is 1.44 bits per heavy atom. The summed E-state index contributed by atoms with van der Waals surface area (Å²) in [5.74, 6) is -0.120. The molecule has 2 aliphatic heterocycles. The zero-order chi connectivity index (χ0) is 11.4. The van der Waals surface area contributed by atoms with E-state index in [1.54, 1.807) is 0 Å². The van der Waals surface area contributed by atoms with Crippen LogP contribution in [-0.2, 0) is 9.53 Å². The van der Waals surface area contributed by atoms with Gasteiger partial charge in [0.15, 0.2) is 0 Å². The van der Waals surface area contributed by atoms with Gasteiger partial charge < -0.3 is 15.0 Å². The molecule has 2 saturated heterocycles. The second-order valence-corrected chi connectivity index (χ2v) is 4.83. The van der Waals surface area contributed by atoms with Crippen LogP contribution in [0.2, 0.25) is 0 Å². The number of nitrogens with one attached hydrogen (secondary N) is 1. The number of rotatable bonds is 4. The van der Waals surface area contributed by atoms with E-state index in [2.05, 4.69) is 15.0 Å². The minimum absolute atomic E-state index is 0.120. The number of piperidine rings is 1. The van der Waals surface area contributed by atoms with Crippen LogP contribution in [0.4, 0.5) is 0 Å². The SMILES string of the molecule is COC(=O)CCNC1CCN2CCCC2C1. The molecule has 16 heavy (non-hydrogen) atoms. The van der Waals surface area contributed by atoms with Crippen molar-refractivity contribution >= 4 is 5.97 Å². The van der Waals surface area contributed by atoms with Gasteiger partial charge in [0, 0.05) is 18.6 Å². The lowest BCUT2D eigenvalue weighted by atomic mass is 9.97. The predicted molar refractivity (Wildman–Crippen MR) is 62.3 cm³/mol. The van der Waals surface area contributed by atoms with E-state index in [0.717, 1.165) is 12.6 Å². The Morgan fingerprint density at radius 2 is 2.31 bits per heavy atom. The lowest BCUT2D eigenvalue weighted by molar-refractivity contribution is -0.140. The van der Waals surface area contributed by atoms with Gasteiger partial charge in [-0.3, -0.25) is 4.79 Å². The first-order valence-electron chi connectivity index (χ1n) is 6.34. The fraction of sp³-hybridized carbons (Fsp3) is 0.917. The van der Waals surface area contributed by atoms with Crippen molar-refractivity contribution in [1.82, 2.24) is 10.2 Å². The van der Waals surface area contributed by atoms with Gasteiger partial charge in [0.2, 0.25) is 0 Å². The minimum Gasteiger partial charge on any atom is -0.469 e. The van der Waals surface area contributed by atoms with Crippen molar-refractivity contribution in [3.05, 3.63) is 0 Å². The topological polar surface area (TPSA) is 41.6 Å². The van der Waals surface area contributed by atoms with Crippen LogP contribution in [0, 0.1) is 0 Å². The molecule has 2 fully saturated rings. The van der Waals surface area contributed by atoms with Crippen LogP contribution < -0.4 is 5.32 Å². The maximum Gasteiger partial charge on any atom is 0.306 e. The van der Waals surface area contributed by atoms with E-state index in [-0.39, 0.29) is 5.97 Å². The molecule has 4 nitrogen and oxygen atoms in total. The molecular weight excluding hydrogens is 204 g/mol. The summed E-state index contributed by atoms with van der Waals surface area (Å²) in [5.41, 5.74) is 0. The molecule has 0 aromatic rings. The quantitative estimate of drug-likeness (QED) is 0.719. The number of nitrogens with zero attached hydrogens (tertiary/aromatic N) is 1. The molecule has 0 amide bonds. The molecule has 4 heteroatoms. The third kappa shape index (κ3) is 2.95. The van der Waals surface area contributed by atoms with E-state index in [1.165, 1.54) is 45.9 Å². The lowest BCUT2D eigenvalue weighted by Gasteiger charge is -2.35. The Bertz CT molecular complexity index is 245. The molecule has 2 heterocycles. The van der Waals surface area contributed by atoms with Crippen LogP contribution >= 0.6 is 0 Å². The highest BCUT2D eigenvalue weighted by Gasteiger charge is 2.31. The molecule has 0 bridgehead atoms. The summed E-state index contributed by atoms with van der Waals surface area (Å²) in [6, 6.07) is 1.40. The molecular formula is C12H22N2O2. The van der Waals surface area contributed by atoms with Crippen molar-refractivity contribution in [2.75, 3.05) is 26.7 Å². The summed E-state index contributed by atoms with van der Waals surface area (Å²) in [6.45, 7) is 3.27. The maximum absolute atomic E-state index is 11.0. The average Bonchev–Trinajstić information content (AvgIpc) is 2.76. The van der Waals surface area contributed by atoms with Crippen LogP contribution in [0.25, 0.3) is 0 Å². The Morgan fingerprint density at radius 3 is 3.12 bits per heavy atom. The molecule has 0 radical (unpaired) electrons.